The molecule has 7 nitrogen and oxygen atoms in total. The highest BCUT2D eigenvalue weighted by Crippen LogP contribution is 2.30. The average Bonchev–Trinajstić information content (AvgIpc) is 2.56. The summed E-state index contributed by atoms with van der Waals surface area (Å²) >= 11 is 0. The van der Waals surface area contributed by atoms with Gasteiger partial charge in [-0.3, -0.25) is 9.78 Å². The van der Waals surface area contributed by atoms with Gasteiger partial charge in [0.1, 0.15) is 0 Å². The summed E-state index contributed by atoms with van der Waals surface area (Å²) in [4.78, 5) is 28.0. The number of nitrogens with one attached hydrogen (secondary N) is 1. The van der Waals surface area contributed by atoms with E-state index >= 15 is 0 Å². The number of pyridine rings is 1. The van der Waals surface area contributed by atoms with Gasteiger partial charge in [0.2, 0.25) is 0 Å². The van der Waals surface area contributed by atoms with Gasteiger partial charge in [-0.2, -0.15) is 0 Å². The summed E-state index contributed by atoms with van der Waals surface area (Å²) in [6.45, 7) is 0.165. The van der Waals surface area contributed by atoms with Gasteiger partial charge in [0, 0.05) is 35.9 Å². The molecule has 1 saturated carbocycles. The van der Waals surface area contributed by atoms with Gasteiger partial charge in [0.05, 0.1) is 18.3 Å². The minimum Gasteiger partial charge on any atom is -0.465 e. The van der Waals surface area contributed by atoms with Crippen molar-refractivity contribution < 1.29 is 19.4 Å². The molecule has 0 atom stereocenters. The molecule has 1 heterocycles. The lowest BCUT2D eigenvalue weighted by molar-refractivity contribution is -0.0430. The molecule has 0 radical (unpaired) electrons. The summed E-state index contributed by atoms with van der Waals surface area (Å²) in [7, 11) is 1.31. The normalized spacial score (nSPS) is 22.7. The van der Waals surface area contributed by atoms with Crippen molar-refractivity contribution in [2.24, 2.45) is 5.73 Å². The van der Waals surface area contributed by atoms with Gasteiger partial charge in [0.25, 0.3) is 5.91 Å². The summed E-state index contributed by atoms with van der Waals surface area (Å²) in [6, 6.07) is 4.96. The second-order valence-corrected chi connectivity index (χ2v) is 6.19. The summed E-state index contributed by atoms with van der Waals surface area (Å²) in [5.74, 6) is -0.775. The van der Waals surface area contributed by atoms with Crippen LogP contribution in [0, 0.1) is 0 Å². The van der Waals surface area contributed by atoms with Crippen molar-refractivity contribution >= 4 is 22.6 Å². The fourth-order valence-electron chi connectivity index (χ4n) is 3.00. The van der Waals surface area contributed by atoms with Gasteiger partial charge in [-0.25, -0.2) is 4.79 Å². The van der Waals surface area contributed by atoms with Crippen LogP contribution in [0.2, 0.25) is 0 Å². The van der Waals surface area contributed by atoms with E-state index in [0.717, 1.165) is 0 Å². The van der Waals surface area contributed by atoms with Crippen LogP contribution in [0.1, 0.15) is 33.6 Å². The fraction of sp³-hybridized carbons (Fsp3) is 0.353. The number of amides is 1. The highest BCUT2D eigenvalue weighted by Gasteiger charge is 2.40. The Hall–Kier alpha value is -2.51. The zero-order valence-electron chi connectivity index (χ0n) is 13.3. The number of nitrogens with two attached hydrogens (primary N) is 1. The van der Waals surface area contributed by atoms with Crippen LogP contribution in [0.3, 0.4) is 0 Å². The Morgan fingerprint density at radius 1 is 1.42 bits per heavy atom. The first kappa shape index (κ1) is 16.4. The molecule has 2 aromatic rings. The van der Waals surface area contributed by atoms with E-state index in [9.17, 15) is 14.7 Å². The van der Waals surface area contributed by atoms with E-state index in [0.29, 0.717) is 34.7 Å². The van der Waals surface area contributed by atoms with Crippen LogP contribution >= 0.6 is 0 Å². The molecule has 4 N–H and O–H groups in total. The molecular weight excluding hydrogens is 310 g/mol. The molecule has 1 aromatic heterocycles. The zero-order valence-corrected chi connectivity index (χ0v) is 13.3. The Balaban J connectivity index is 1.78. The smallest absolute Gasteiger partial charge is 0.340 e. The minimum atomic E-state index is -0.911. The quantitative estimate of drug-likeness (QED) is 0.708. The molecule has 1 aliphatic rings. The number of fused-ring (bicyclic) bond motifs is 1. The fourth-order valence-corrected chi connectivity index (χ4v) is 3.00. The highest BCUT2D eigenvalue weighted by atomic mass is 16.5. The molecular formula is C17H19N3O4. The molecule has 0 spiro atoms. The predicted molar refractivity (Wildman–Crippen MR) is 87.6 cm³/mol. The van der Waals surface area contributed by atoms with Crippen molar-refractivity contribution in [2.45, 2.75) is 24.5 Å². The maximum Gasteiger partial charge on any atom is 0.340 e. The van der Waals surface area contributed by atoms with Gasteiger partial charge < -0.3 is 20.9 Å². The molecule has 24 heavy (non-hydrogen) atoms. The molecule has 1 aliphatic carbocycles. The van der Waals surface area contributed by atoms with E-state index in [-0.39, 0.29) is 18.5 Å². The third-order valence-corrected chi connectivity index (χ3v) is 4.29. The predicted octanol–water partition coefficient (Wildman–Crippen LogP) is 0.603. The van der Waals surface area contributed by atoms with E-state index < -0.39 is 11.6 Å². The van der Waals surface area contributed by atoms with Gasteiger partial charge >= 0.3 is 5.97 Å². The Kier molecular flexibility index (Phi) is 4.21. The molecule has 0 aliphatic heterocycles. The van der Waals surface area contributed by atoms with Gasteiger partial charge in [-0.15, -0.1) is 0 Å². The average molecular weight is 329 g/mol. The first-order valence-corrected chi connectivity index (χ1v) is 7.64. The van der Waals surface area contributed by atoms with Crippen LogP contribution in [-0.2, 0) is 4.74 Å². The molecule has 7 heteroatoms. The second kappa shape index (κ2) is 6.18. The molecule has 3 rings (SSSR count). The van der Waals surface area contributed by atoms with Crippen LogP contribution in [0.5, 0.6) is 0 Å². The Labute approximate surface area is 138 Å². The lowest BCUT2D eigenvalue weighted by Crippen LogP contribution is -2.57. The van der Waals surface area contributed by atoms with Crippen molar-refractivity contribution in [1.29, 1.82) is 0 Å². The number of ether oxygens (including phenoxy) is 1. The minimum absolute atomic E-state index is 0.00427. The van der Waals surface area contributed by atoms with Crippen molar-refractivity contribution in [1.82, 2.24) is 10.3 Å². The van der Waals surface area contributed by atoms with E-state index in [1.165, 1.54) is 13.3 Å². The number of aromatic nitrogens is 1. The molecule has 0 unspecified atom stereocenters. The number of carbonyl (C=O) groups excluding carboxylic acids is 2. The topological polar surface area (TPSA) is 115 Å². The van der Waals surface area contributed by atoms with E-state index in [2.05, 4.69) is 10.3 Å². The standard InChI is InChI=1S/C17H19N3O4/c1-24-16(22)14-8-19-7-11-4-10(2-3-13(11)14)15(21)20-9-17(23)5-12(18)6-17/h2-4,7-8,12,23H,5-6,9,18H2,1H3,(H,20,21). The Morgan fingerprint density at radius 2 is 2.17 bits per heavy atom. The molecule has 1 fully saturated rings. The maximum atomic E-state index is 12.3. The van der Waals surface area contributed by atoms with Gasteiger partial charge in [-0.05, 0) is 30.4 Å². The van der Waals surface area contributed by atoms with Crippen LogP contribution < -0.4 is 11.1 Å². The van der Waals surface area contributed by atoms with Crippen LogP contribution in [0.15, 0.2) is 30.6 Å². The van der Waals surface area contributed by atoms with E-state index in [1.54, 1.807) is 24.4 Å². The lowest BCUT2D eigenvalue weighted by Gasteiger charge is -2.41. The Bertz CT molecular complexity index is 800. The highest BCUT2D eigenvalue weighted by molar-refractivity contribution is 6.06. The number of benzene rings is 1. The number of rotatable bonds is 4. The molecule has 0 saturated heterocycles. The second-order valence-electron chi connectivity index (χ2n) is 6.19. The van der Waals surface area contributed by atoms with E-state index in [1.807, 2.05) is 0 Å². The first-order chi connectivity index (χ1) is 11.4. The number of esters is 1. The zero-order chi connectivity index (χ0) is 17.3. The summed E-state index contributed by atoms with van der Waals surface area (Å²) in [5, 5.41) is 14.2. The number of carbonyl (C=O) groups is 2. The number of hydrogen-bond donors (Lipinski definition) is 3. The number of methoxy groups -OCH3 is 1. The SMILES string of the molecule is COC(=O)c1cncc2cc(C(=O)NCC3(O)CC(N)C3)ccc12. The van der Waals surface area contributed by atoms with Crippen LogP contribution in [0.4, 0.5) is 0 Å². The largest absolute Gasteiger partial charge is 0.465 e. The summed E-state index contributed by atoms with van der Waals surface area (Å²) in [6.07, 6.45) is 3.98. The van der Waals surface area contributed by atoms with Crippen LogP contribution in [-0.4, -0.2) is 47.3 Å². The Morgan fingerprint density at radius 3 is 2.83 bits per heavy atom. The summed E-state index contributed by atoms with van der Waals surface area (Å²) in [5.41, 5.74) is 5.53. The van der Waals surface area contributed by atoms with Crippen LogP contribution in [0.25, 0.3) is 10.8 Å². The third kappa shape index (κ3) is 3.08. The molecule has 1 aromatic carbocycles. The van der Waals surface area contributed by atoms with Crippen molar-refractivity contribution in [3.8, 4) is 0 Å². The van der Waals surface area contributed by atoms with Gasteiger partial charge in [0.15, 0.2) is 0 Å². The summed E-state index contributed by atoms with van der Waals surface area (Å²) < 4.78 is 4.73. The maximum absolute atomic E-state index is 12.3. The van der Waals surface area contributed by atoms with Crippen molar-refractivity contribution in [3.05, 3.63) is 41.7 Å². The number of aliphatic hydroxyl groups is 1. The number of hydrogen-bond acceptors (Lipinski definition) is 6. The van der Waals surface area contributed by atoms with Crippen molar-refractivity contribution in [3.63, 3.8) is 0 Å². The van der Waals surface area contributed by atoms with E-state index in [4.69, 9.17) is 10.5 Å². The number of nitrogens with zero attached hydrogens (tertiary/aromatic N) is 1. The molecule has 126 valence electrons. The first-order valence-electron chi connectivity index (χ1n) is 7.64. The van der Waals surface area contributed by atoms with Gasteiger partial charge in [-0.1, -0.05) is 6.07 Å². The monoisotopic (exact) mass is 329 g/mol. The third-order valence-electron chi connectivity index (χ3n) is 4.29. The molecule has 0 bridgehead atoms. The lowest BCUT2D eigenvalue weighted by atomic mass is 9.76. The molecule has 1 amide bonds. The van der Waals surface area contributed by atoms with Crippen molar-refractivity contribution in [2.75, 3.05) is 13.7 Å².